The average Bonchev–Trinajstić information content (AvgIpc) is 3.00. The van der Waals surface area contributed by atoms with Crippen LogP contribution < -0.4 is 30.3 Å². The molecule has 1 unspecified atom stereocenters. The van der Waals surface area contributed by atoms with E-state index in [1.807, 2.05) is 6.08 Å². The topological polar surface area (TPSA) is 27.7 Å². The first kappa shape index (κ1) is 22.9. The van der Waals surface area contributed by atoms with Crippen molar-refractivity contribution >= 4 is 35.1 Å². The van der Waals surface area contributed by atoms with Gasteiger partial charge >= 0.3 is 0 Å². The maximum absolute atomic E-state index is 6.35. The van der Waals surface area contributed by atoms with Gasteiger partial charge in [-0.05, 0) is 87.7 Å². The zero-order valence-electron chi connectivity index (χ0n) is 21.8. The van der Waals surface area contributed by atoms with E-state index in [4.69, 9.17) is 14.2 Å². The van der Waals surface area contributed by atoms with Crippen molar-refractivity contribution < 1.29 is 14.2 Å². The highest BCUT2D eigenvalue weighted by Gasteiger charge is 2.34. The van der Waals surface area contributed by atoms with Gasteiger partial charge < -0.3 is 14.2 Å². The number of ether oxygens (including phenoxy) is 3. The number of aryl methyl sites for hydroxylation is 1. The molecule has 0 bridgehead atoms. The van der Waals surface area contributed by atoms with Crippen LogP contribution in [0.3, 0.4) is 0 Å². The van der Waals surface area contributed by atoms with Crippen LogP contribution in [0.2, 0.25) is 0 Å². The Kier molecular flexibility index (Phi) is 5.40. The highest BCUT2D eigenvalue weighted by molar-refractivity contribution is 5.94. The van der Waals surface area contributed by atoms with E-state index in [0.717, 1.165) is 41.4 Å². The molecule has 4 aromatic rings. The van der Waals surface area contributed by atoms with Crippen molar-refractivity contribution in [2.75, 3.05) is 14.2 Å². The van der Waals surface area contributed by atoms with Gasteiger partial charge in [0.2, 0.25) is 0 Å². The molecule has 0 radical (unpaired) electrons. The summed E-state index contributed by atoms with van der Waals surface area (Å²) >= 11 is 0. The summed E-state index contributed by atoms with van der Waals surface area (Å²) in [4.78, 5) is 0. The molecule has 3 nitrogen and oxygen atoms in total. The number of hydrogen-bond donors (Lipinski definition) is 0. The van der Waals surface area contributed by atoms with Crippen LogP contribution in [-0.2, 0) is 16.6 Å². The van der Waals surface area contributed by atoms with Crippen LogP contribution in [-0.4, -0.2) is 14.2 Å². The highest BCUT2D eigenvalue weighted by Crippen LogP contribution is 2.40. The second-order valence-electron chi connectivity index (χ2n) is 10.3. The molecule has 0 saturated heterocycles. The minimum absolute atomic E-state index is 0.300. The zero-order chi connectivity index (χ0) is 25.7. The van der Waals surface area contributed by atoms with Gasteiger partial charge in [0.05, 0.1) is 14.2 Å². The lowest BCUT2D eigenvalue weighted by Crippen LogP contribution is -2.47. The Morgan fingerprint density at radius 2 is 1.58 bits per heavy atom. The normalized spacial score (nSPS) is 19.2. The quantitative estimate of drug-likeness (QED) is 0.412. The fourth-order valence-corrected chi connectivity index (χ4v) is 6.51. The number of hydrogen-bond acceptors (Lipinski definition) is 3. The number of fused-ring (bicyclic) bond motifs is 8. The molecular weight excluding hydrogens is 468 g/mol. The molecule has 0 spiro atoms. The molecule has 0 N–H and O–H groups in total. The number of methoxy groups -OCH3 is 2. The van der Waals surface area contributed by atoms with E-state index in [1.165, 1.54) is 44.2 Å². The molecule has 1 aliphatic heterocycles. The van der Waals surface area contributed by atoms with Gasteiger partial charge in [-0.1, -0.05) is 66.8 Å². The van der Waals surface area contributed by atoms with Crippen molar-refractivity contribution in [1.82, 2.24) is 0 Å². The highest BCUT2D eigenvalue weighted by atomic mass is 16.7. The van der Waals surface area contributed by atoms with Crippen molar-refractivity contribution in [3.63, 3.8) is 0 Å². The summed E-state index contributed by atoms with van der Waals surface area (Å²) < 4.78 is 17.3. The van der Waals surface area contributed by atoms with E-state index in [2.05, 4.69) is 91.0 Å². The first-order valence-electron chi connectivity index (χ1n) is 13.4. The van der Waals surface area contributed by atoms with Gasteiger partial charge in [0, 0.05) is 22.1 Å². The standard InChI is InChI=1S/C35H30O3/c1-36-26-15-13-25(14-16-26)35(24-9-4-3-5-10-24)21-20-28-29-18-19-32(37-2)38-34(29)30-17-12-23-8-6-7-11-27(23)33(30)31(28)22-35/h3-5,8-10,12-20,22H,6-7,11,21H2,1-2H3. The lowest BCUT2D eigenvalue weighted by Gasteiger charge is -2.34. The van der Waals surface area contributed by atoms with E-state index in [1.54, 1.807) is 14.2 Å². The van der Waals surface area contributed by atoms with Crippen molar-refractivity contribution in [3.8, 4) is 11.5 Å². The zero-order valence-corrected chi connectivity index (χ0v) is 21.8. The van der Waals surface area contributed by atoms with Crippen LogP contribution in [0.4, 0.5) is 0 Å². The van der Waals surface area contributed by atoms with E-state index >= 15 is 0 Å². The molecule has 188 valence electrons. The van der Waals surface area contributed by atoms with Gasteiger partial charge in [0.25, 0.3) is 5.95 Å². The lowest BCUT2D eigenvalue weighted by atomic mass is 9.69. The smallest absolute Gasteiger partial charge is 0.284 e. The molecule has 1 atom stereocenters. The summed E-state index contributed by atoms with van der Waals surface area (Å²) in [6, 6.07) is 24.0. The third kappa shape index (κ3) is 3.42. The third-order valence-electron chi connectivity index (χ3n) is 8.39. The van der Waals surface area contributed by atoms with Gasteiger partial charge in [-0.25, -0.2) is 0 Å². The molecule has 0 amide bonds. The average molecular weight is 499 g/mol. The van der Waals surface area contributed by atoms with Crippen molar-refractivity contribution in [2.45, 2.75) is 31.1 Å². The van der Waals surface area contributed by atoms with Crippen molar-refractivity contribution in [2.24, 2.45) is 0 Å². The molecule has 2 aliphatic carbocycles. The van der Waals surface area contributed by atoms with Gasteiger partial charge in [-0.15, -0.1) is 0 Å². The molecule has 0 saturated carbocycles. The molecule has 3 aliphatic rings. The predicted molar refractivity (Wildman–Crippen MR) is 154 cm³/mol. The Balaban J connectivity index is 1.64. The van der Waals surface area contributed by atoms with Gasteiger partial charge in [0.1, 0.15) is 11.5 Å². The predicted octanol–water partition coefficient (Wildman–Crippen LogP) is 4.58. The Hall–Kier alpha value is -4.24. The fraction of sp³-hybridized carbons (Fsp3) is 0.200. The van der Waals surface area contributed by atoms with Crippen LogP contribution >= 0.6 is 0 Å². The van der Waals surface area contributed by atoms with Crippen LogP contribution in [0.25, 0.3) is 35.1 Å². The van der Waals surface area contributed by atoms with Crippen molar-refractivity contribution in [1.29, 1.82) is 0 Å². The summed E-state index contributed by atoms with van der Waals surface area (Å²) in [5, 5.41) is 7.48. The van der Waals surface area contributed by atoms with E-state index in [9.17, 15) is 0 Å². The van der Waals surface area contributed by atoms with Crippen LogP contribution in [0.1, 0.15) is 36.0 Å². The van der Waals surface area contributed by atoms with Crippen molar-refractivity contribution in [3.05, 3.63) is 116 Å². The maximum Gasteiger partial charge on any atom is 0.284 e. The molecule has 3 heteroatoms. The Labute approximate surface area is 222 Å². The van der Waals surface area contributed by atoms with E-state index in [-0.39, 0.29) is 5.41 Å². The van der Waals surface area contributed by atoms with E-state index in [0.29, 0.717) is 5.95 Å². The monoisotopic (exact) mass is 498 g/mol. The SMILES string of the molecule is COC1=CC=c2c(c3ccc4c(c3c3c2=CCC(c2ccccc2)(c2ccc(OC)cc2)C=3)CCCC=4)O1. The van der Waals surface area contributed by atoms with Crippen LogP contribution in [0.5, 0.6) is 11.5 Å². The van der Waals surface area contributed by atoms with Gasteiger partial charge in [-0.2, -0.15) is 0 Å². The van der Waals surface area contributed by atoms with Gasteiger partial charge in [-0.3, -0.25) is 0 Å². The number of allylic oxidation sites excluding steroid dienone is 1. The molecule has 1 heterocycles. The fourth-order valence-electron chi connectivity index (χ4n) is 6.51. The lowest BCUT2D eigenvalue weighted by molar-refractivity contribution is 0.151. The second-order valence-corrected chi connectivity index (χ2v) is 10.3. The van der Waals surface area contributed by atoms with Crippen LogP contribution in [0.15, 0.2) is 78.8 Å². The largest absolute Gasteiger partial charge is 0.497 e. The molecule has 0 fully saturated rings. The summed E-state index contributed by atoms with van der Waals surface area (Å²) in [5.74, 6) is 2.29. The van der Waals surface area contributed by atoms with E-state index < -0.39 is 0 Å². The first-order valence-corrected chi connectivity index (χ1v) is 13.4. The minimum Gasteiger partial charge on any atom is -0.497 e. The van der Waals surface area contributed by atoms with Crippen LogP contribution in [0, 0.1) is 0 Å². The number of benzene rings is 4. The first-order chi connectivity index (χ1) is 18.7. The van der Waals surface area contributed by atoms with Gasteiger partial charge in [0.15, 0.2) is 0 Å². The molecule has 7 rings (SSSR count). The Morgan fingerprint density at radius 1 is 0.763 bits per heavy atom. The molecule has 38 heavy (non-hydrogen) atoms. The summed E-state index contributed by atoms with van der Waals surface area (Å²) in [6.07, 6.45) is 15.6. The maximum atomic E-state index is 6.35. The molecule has 4 aromatic carbocycles. The Bertz CT molecular complexity index is 1850. The minimum atomic E-state index is -0.300. The Morgan fingerprint density at radius 3 is 2.37 bits per heavy atom. The second kappa shape index (κ2) is 8.95. The molecular formula is C35H30O3. The summed E-state index contributed by atoms with van der Waals surface area (Å²) in [5.41, 5.74) is 3.67. The third-order valence-corrected chi connectivity index (χ3v) is 8.39. The molecule has 0 aromatic heterocycles. The summed E-state index contributed by atoms with van der Waals surface area (Å²) in [6.45, 7) is 0. The number of rotatable bonds is 4. The summed E-state index contributed by atoms with van der Waals surface area (Å²) in [7, 11) is 3.38.